The van der Waals surface area contributed by atoms with Gasteiger partial charge in [-0.15, -0.1) is 0 Å². The maximum atomic E-state index is 12.8. The molecular formula is C18H15FO4. The van der Waals surface area contributed by atoms with Crippen molar-refractivity contribution in [2.24, 2.45) is 0 Å². The lowest BCUT2D eigenvalue weighted by atomic mass is 10.0. The van der Waals surface area contributed by atoms with Crippen LogP contribution in [0.1, 0.15) is 21.5 Å². The molecule has 0 unspecified atom stereocenters. The number of hydrogen-bond acceptors (Lipinski definition) is 3. The molecule has 0 aromatic heterocycles. The third-order valence-electron chi connectivity index (χ3n) is 3.20. The van der Waals surface area contributed by atoms with Crippen molar-refractivity contribution in [2.75, 3.05) is 7.11 Å². The molecule has 2 aromatic carbocycles. The molecule has 5 heteroatoms. The number of aliphatic carboxylic acids is 1. The van der Waals surface area contributed by atoms with Gasteiger partial charge >= 0.3 is 5.97 Å². The van der Waals surface area contributed by atoms with E-state index in [1.54, 1.807) is 30.3 Å². The molecule has 2 aromatic rings. The zero-order chi connectivity index (χ0) is 16.8. The molecule has 0 aliphatic rings. The Morgan fingerprint density at radius 3 is 2.48 bits per heavy atom. The first-order valence-electron chi connectivity index (χ1n) is 6.86. The number of ether oxygens (including phenoxy) is 1. The van der Waals surface area contributed by atoms with Crippen LogP contribution in [0.2, 0.25) is 0 Å². The van der Waals surface area contributed by atoms with E-state index >= 15 is 0 Å². The number of halogens is 1. The highest BCUT2D eigenvalue weighted by molar-refractivity contribution is 6.07. The Kier molecular flexibility index (Phi) is 5.25. The normalized spacial score (nSPS) is 10.7. The van der Waals surface area contributed by atoms with Gasteiger partial charge in [-0.3, -0.25) is 9.59 Å². The maximum Gasteiger partial charge on any atom is 0.307 e. The molecule has 0 bridgehead atoms. The van der Waals surface area contributed by atoms with E-state index in [4.69, 9.17) is 9.84 Å². The molecule has 0 radical (unpaired) electrons. The summed E-state index contributed by atoms with van der Waals surface area (Å²) in [5, 5.41) is 8.91. The molecule has 1 N–H and O–H groups in total. The lowest BCUT2D eigenvalue weighted by Gasteiger charge is -2.07. The lowest BCUT2D eigenvalue weighted by molar-refractivity contribution is -0.136. The molecule has 0 atom stereocenters. The largest absolute Gasteiger partial charge is 0.496 e. The first-order chi connectivity index (χ1) is 11.0. The number of hydrogen-bond donors (Lipinski definition) is 1. The summed E-state index contributed by atoms with van der Waals surface area (Å²) >= 11 is 0. The first kappa shape index (κ1) is 16.4. The standard InChI is InChI=1S/C18H15FO4/c1-23-17-9-5-13(10-14(17)11-18(21)22)16(20)8-4-12-2-6-15(19)7-3-12/h2-10H,11H2,1H3,(H,21,22)/b8-4+. The SMILES string of the molecule is COc1ccc(C(=O)/C=C/c2ccc(F)cc2)cc1CC(=O)O. The molecule has 0 aliphatic heterocycles. The number of rotatable bonds is 6. The minimum absolute atomic E-state index is 0.230. The fourth-order valence-electron chi connectivity index (χ4n) is 2.07. The predicted octanol–water partition coefficient (Wildman–Crippen LogP) is 3.36. The summed E-state index contributed by atoms with van der Waals surface area (Å²) in [6.07, 6.45) is 2.70. The van der Waals surface area contributed by atoms with Gasteiger partial charge in [-0.05, 0) is 42.0 Å². The van der Waals surface area contributed by atoms with Crippen molar-refractivity contribution in [1.82, 2.24) is 0 Å². The Labute approximate surface area is 132 Å². The molecule has 0 amide bonds. The van der Waals surface area contributed by atoms with Gasteiger partial charge in [0.25, 0.3) is 0 Å². The molecule has 0 heterocycles. The van der Waals surface area contributed by atoms with Crippen LogP contribution in [0, 0.1) is 5.82 Å². The highest BCUT2D eigenvalue weighted by Crippen LogP contribution is 2.21. The molecule has 0 saturated carbocycles. The number of ketones is 1. The Balaban J connectivity index is 2.21. The molecular weight excluding hydrogens is 299 g/mol. The summed E-state index contributed by atoms with van der Waals surface area (Å²) in [6, 6.07) is 10.4. The minimum atomic E-state index is -1.00. The summed E-state index contributed by atoms with van der Waals surface area (Å²) in [5.41, 5.74) is 1.49. The third kappa shape index (κ3) is 4.51. The van der Waals surface area contributed by atoms with Gasteiger partial charge in [-0.25, -0.2) is 4.39 Å². The number of carboxylic acids is 1. The Hall–Kier alpha value is -2.95. The van der Waals surface area contributed by atoms with E-state index in [-0.39, 0.29) is 18.0 Å². The van der Waals surface area contributed by atoms with E-state index in [1.165, 1.54) is 31.4 Å². The van der Waals surface area contributed by atoms with E-state index in [2.05, 4.69) is 0 Å². The molecule has 2 rings (SSSR count). The van der Waals surface area contributed by atoms with Crippen LogP contribution in [0.15, 0.2) is 48.5 Å². The van der Waals surface area contributed by atoms with Gasteiger partial charge in [-0.1, -0.05) is 18.2 Å². The monoisotopic (exact) mass is 314 g/mol. The number of carbonyl (C=O) groups excluding carboxylic acids is 1. The summed E-state index contributed by atoms with van der Waals surface area (Å²) in [5.74, 6) is -1.20. The zero-order valence-corrected chi connectivity index (χ0v) is 12.5. The van der Waals surface area contributed by atoms with Crippen LogP contribution >= 0.6 is 0 Å². The number of carbonyl (C=O) groups is 2. The fourth-order valence-corrected chi connectivity index (χ4v) is 2.07. The van der Waals surface area contributed by atoms with Gasteiger partial charge < -0.3 is 9.84 Å². The van der Waals surface area contributed by atoms with Crippen LogP contribution in [-0.2, 0) is 11.2 Å². The van der Waals surface area contributed by atoms with Crippen molar-refractivity contribution in [2.45, 2.75) is 6.42 Å². The summed E-state index contributed by atoms with van der Waals surface area (Å²) in [6.45, 7) is 0. The quantitative estimate of drug-likeness (QED) is 0.656. The smallest absolute Gasteiger partial charge is 0.307 e. The summed E-state index contributed by atoms with van der Waals surface area (Å²) in [7, 11) is 1.44. The van der Waals surface area contributed by atoms with E-state index < -0.39 is 5.97 Å². The lowest BCUT2D eigenvalue weighted by Crippen LogP contribution is -2.04. The number of allylic oxidation sites excluding steroid dienone is 1. The number of methoxy groups -OCH3 is 1. The first-order valence-corrected chi connectivity index (χ1v) is 6.86. The third-order valence-corrected chi connectivity index (χ3v) is 3.20. The molecule has 23 heavy (non-hydrogen) atoms. The molecule has 4 nitrogen and oxygen atoms in total. The van der Waals surface area contributed by atoms with Crippen molar-refractivity contribution >= 4 is 17.8 Å². The second kappa shape index (κ2) is 7.35. The van der Waals surface area contributed by atoms with Crippen molar-refractivity contribution in [3.63, 3.8) is 0 Å². The Bertz CT molecular complexity index is 748. The van der Waals surface area contributed by atoms with Crippen molar-refractivity contribution < 1.29 is 23.8 Å². The van der Waals surface area contributed by atoms with Crippen molar-refractivity contribution in [3.8, 4) is 5.75 Å². The van der Waals surface area contributed by atoms with Crippen LogP contribution in [0.25, 0.3) is 6.08 Å². The van der Waals surface area contributed by atoms with Gasteiger partial charge in [0.15, 0.2) is 5.78 Å². The zero-order valence-electron chi connectivity index (χ0n) is 12.5. The van der Waals surface area contributed by atoms with Gasteiger partial charge in [0.1, 0.15) is 11.6 Å². The van der Waals surface area contributed by atoms with E-state index in [0.29, 0.717) is 22.4 Å². The predicted molar refractivity (Wildman–Crippen MR) is 84.1 cm³/mol. The van der Waals surface area contributed by atoms with Gasteiger partial charge in [-0.2, -0.15) is 0 Å². The van der Waals surface area contributed by atoms with Crippen LogP contribution in [0.3, 0.4) is 0 Å². The highest BCUT2D eigenvalue weighted by atomic mass is 19.1. The van der Waals surface area contributed by atoms with E-state index in [0.717, 1.165) is 0 Å². The molecule has 118 valence electrons. The van der Waals surface area contributed by atoms with Crippen molar-refractivity contribution in [3.05, 3.63) is 71.0 Å². The van der Waals surface area contributed by atoms with Gasteiger partial charge in [0.05, 0.1) is 13.5 Å². The number of benzene rings is 2. The van der Waals surface area contributed by atoms with Crippen LogP contribution < -0.4 is 4.74 Å². The molecule has 0 spiro atoms. The topological polar surface area (TPSA) is 63.6 Å². The van der Waals surface area contributed by atoms with E-state index in [1.807, 2.05) is 0 Å². The van der Waals surface area contributed by atoms with Crippen LogP contribution in [0.5, 0.6) is 5.75 Å². The van der Waals surface area contributed by atoms with Crippen LogP contribution in [-0.4, -0.2) is 24.0 Å². The second-order valence-corrected chi connectivity index (χ2v) is 4.85. The molecule has 0 saturated heterocycles. The van der Waals surface area contributed by atoms with Gasteiger partial charge in [0.2, 0.25) is 0 Å². The average molecular weight is 314 g/mol. The summed E-state index contributed by atoms with van der Waals surface area (Å²) < 4.78 is 17.9. The minimum Gasteiger partial charge on any atom is -0.496 e. The van der Waals surface area contributed by atoms with Crippen molar-refractivity contribution in [1.29, 1.82) is 0 Å². The number of carboxylic acid groups (broad SMARTS) is 1. The van der Waals surface area contributed by atoms with E-state index in [9.17, 15) is 14.0 Å². The fraction of sp³-hybridized carbons (Fsp3) is 0.111. The molecule has 0 fully saturated rings. The Morgan fingerprint density at radius 1 is 1.17 bits per heavy atom. The Morgan fingerprint density at radius 2 is 1.87 bits per heavy atom. The summed E-state index contributed by atoms with van der Waals surface area (Å²) in [4.78, 5) is 23.0. The van der Waals surface area contributed by atoms with Gasteiger partial charge in [0, 0.05) is 11.1 Å². The highest BCUT2D eigenvalue weighted by Gasteiger charge is 2.11. The van der Waals surface area contributed by atoms with Crippen LogP contribution in [0.4, 0.5) is 4.39 Å². The molecule has 0 aliphatic carbocycles. The second-order valence-electron chi connectivity index (χ2n) is 4.85. The maximum absolute atomic E-state index is 12.8. The average Bonchev–Trinajstić information content (AvgIpc) is 2.53.